The Bertz CT molecular complexity index is 1480. The van der Waals surface area contributed by atoms with Gasteiger partial charge in [0, 0.05) is 12.1 Å². The number of hydrogen-bond acceptors (Lipinski definition) is 5. The van der Waals surface area contributed by atoms with Crippen LogP contribution in [0.3, 0.4) is 0 Å². The molecule has 1 amide bonds. The Morgan fingerprint density at radius 3 is 2.10 bits per heavy atom. The van der Waals surface area contributed by atoms with E-state index < -0.39 is 24.7 Å². The van der Waals surface area contributed by atoms with Crippen molar-refractivity contribution in [1.82, 2.24) is 14.5 Å². The second-order valence-electron chi connectivity index (χ2n) is 9.27. The third-order valence-electron chi connectivity index (χ3n) is 6.57. The van der Waals surface area contributed by atoms with Crippen molar-refractivity contribution in [3.05, 3.63) is 123 Å². The van der Waals surface area contributed by atoms with Crippen molar-refractivity contribution in [2.75, 3.05) is 12.3 Å². The third-order valence-corrected chi connectivity index (χ3v) is 6.57. The highest BCUT2D eigenvalue weighted by atomic mass is 19.4. The summed E-state index contributed by atoms with van der Waals surface area (Å²) in [7, 11) is 0. The van der Waals surface area contributed by atoms with Crippen molar-refractivity contribution in [2.24, 2.45) is 0 Å². The lowest BCUT2D eigenvalue weighted by Crippen LogP contribution is -2.43. The molecular weight excluding hydrogens is 509 g/mol. The minimum absolute atomic E-state index is 0.0158. The van der Waals surface area contributed by atoms with Crippen molar-refractivity contribution in [2.45, 2.75) is 31.6 Å². The SMILES string of the molecule is Nc1nc2c(c(=O)n1C(c1ccccc1)c1ccccc1)CCN(C(=O)Oc1ccc(CC(F)(F)F)cc1)C2. The number of anilines is 1. The van der Waals surface area contributed by atoms with Crippen LogP contribution < -0.4 is 16.0 Å². The number of carbonyl (C=O) groups is 1. The van der Waals surface area contributed by atoms with Crippen LogP contribution in [-0.2, 0) is 19.4 Å². The van der Waals surface area contributed by atoms with Crippen LogP contribution in [0.15, 0.2) is 89.7 Å². The van der Waals surface area contributed by atoms with Crippen molar-refractivity contribution in [3.8, 4) is 5.75 Å². The van der Waals surface area contributed by atoms with E-state index in [4.69, 9.17) is 10.5 Å². The Balaban J connectivity index is 1.39. The first-order valence-electron chi connectivity index (χ1n) is 12.3. The molecule has 0 atom stereocenters. The molecule has 10 heteroatoms. The van der Waals surface area contributed by atoms with Gasteiger partial charge < -0.3 is 15.4 Å². The van der Waals surface area contributed by atoms with Gasteiger partial charge in [-0.25, -0.2) is 9.78 Å². The summed E-state index contributed by atoms with van der Waals surface area (Å²) in [4.78, 5) is 32.4. The largest absolute Gasteiger partial charge is 0.415 e. The molecule has 39 heavy (non-hydrogen) atoms. The number of nitrogen functional groups attached to an aromatic ring is 1. The van der Waals surface area contributed by atoms with E-state index in [-0.39, 0.29) is 42.3 Å². The summed E-state index contributed by atoms with van der Waals surface area (Å²) in [5, 5.41) is 0. The van der Waals surface area contributed by atoms with E-state index in [1.807, 2.05) is 60.7 Å². The molecule has 0 unspecified atom stereocenters. The number of halogens is 3. The Morgan fingerprint density at radius 1 is 0.949 bits per heavy atom. The van der Waals surface area contributed by atoms with Gasteiger partial charge in [0.15, 0.2) is 0 Å². The lowest BCUT2D eigenvalue weighted by Gasteiger charge is -2.29. The van der Waals surface area contributed by atoms with Crippen LogP contribution in [0.2, 0.25) is 0 Å². The first kappa shape index (κ1) is 26.0. The van der Waals surface area contributed by atoms with E-state index in [0.717, 1.165) is 11.1 Å². The maximum atomic E-state index is 13.7. The highest BCUT2D eigenvalue weighted by molar-refractivity contribution is 5.71. The van der Waals surface area contributed by atoms with Gasteiger partial charge in [0.05, 0.1) is 24.7 Å². The number of ether oxygens (including phenoxy) is 1. The fraction of sp³-hybridized carbons (Fsp3) is 0.207. The summed E-state index contributed by atoms with van der Waals surface area (Å²) in [6.45, 7) is 0.224. The predicted molar refractivity (Wildman–Crippen MR) is 139 cm³/mol. The van der Waals surface area contributed by atoms with Crippen molar-refractivity contribution >= 4 is 12.0 Å². The van der Waals surface area contributed by atoms with Gasteiger partial charge in [0.1, 0.15) is 5.75 Å². The molecule has 1 aliphatic heterocycles. The maximum Gasteiger partial charge on any atom is 0.415 e. The minimum atomic E-state index is -4.32. The van der Waals surface area contributed by atoms with Crippen LogP contribution in [0, 0.1) is 0 Å². The second kappa shape index (κ2) is 10.6. The molecule has 4 aromatic rings. The van der Waals surface area contributed by atoms with Gasteiger partial charge in [-0.05, 0) is 35.2 Å². The average molecular weight is 535 g/mol. The predicted octanol–water partition coefficient (Wildman–Crippen LogP) is 5.13. The molecule has 1 aliphatic rings. The van der Waals surface area contributed by atoms with Gasteiger partial charge >= 0.3 is 12.3 Å². The van der Waals surface area contributed by atoms with Gasteiger partial charge in [-0.2, -0.15) is 13.2 Å². The van der Waals surface area contributed by atoms with E-state index in [0.29, 0.717) is 11.3 Å². The molecule has 2 heterocycles. The zero-order valence-electron chi connectivity index (χ0n) is 20.8. The van der Waals surface area contributed by atoms with Crippen LogP contribution in [-0.4, -0.2) is 33.3 Å². The number of aromatic nitrogens is 2. The average Bonchev–Trinajstić information content (AvgIpc) is 2.92. The summed E-state index contributed by atoms with van der Waals surface area (Å²) in [6.07, 6.45) is -5.84. The monoisotopic (exact) mass is 534 g/mol. The standard InChI is InChI=1S/C29H25F3N4O3/c30-29(31,32)17-19-11-13-22(14-12-19)39-28(38)35-16-15-23-24(18-35)34-27(33)36(26(23)37)25(20-7-3-1-4-8-20)21-9-5-2-6-10-21/h1-14,25H,15-18H2,(H2,33,34). The summed E-state index contributed by atoms with van der Waals surface area (Å²) in [5.74, 6) is 0.139. The number of carbonyl (C=O) groups excluding carboxylic acids is 1. The number of amides is 1. The van der Waals surface area contributed by atoms with Crippen LogP contribution >= 0.6 is 0 Å². The van der Waals surface area contributed by atoms with Gasteiger partial charge in [0.2, 0.25) is 5.95 Å². The van der Waals surface area contributed by atoms with E-state index in [1.165, 1.54) is 33.7 Å². The minimum Gasteiger partial charge on any atom is -0.410 e. The van der Waals surface area contributed by atoms with Gasteiger partial charge in [-0.3, -0.25) is 9.36 Å². The maximum absolute atomic E-state index is 13.7. The van der Waals surface area contributed by atoms with E-state index in [1.54, 1.807) is 0 Å². The molecule has 200 valence electrons. The molecule has 0 bridgehead atoms. The smallest absolute Gasteiger partial charge is 0.410 e. The second-order valence-corrected chi connectivity index (χ2v) is 9.27. The molecule has 5 rings (SSSR count). The summed E-state index contributed by atoms with van der Waals surface area (Å²) < 4.78 is 44.6. The summed E-state index contributed by atoms with van der Waals surface area (Å²) in [5.41, 5.74) is 8.76. The number of fused-ring (bicyclic) bond motifs is 1. The molecule has 0 radical (unpaired) electrons. The highest BCUT2D eigenvalue weighted by Gasteiger charge is 2.30. The number of rotatable bonds is 5. The topological polar surface area (TPSA) is 90.5 Å². The normalized spacial score (nSPS) is 13.3. The number of nitrogens with zero attached hydrogens (tertiary/aromatic N) is 3. The quantitative estimate of drug-likeness (QED) is 0.384. The number of nitrogens with two attached hydrogens (primary N) is 1. The number of alkyl halides is 3. The van der Waals surface area contributed by atoms with Crippen LogP contribution in [0.25, 0.3) is 0 Å². The molecule has 0 aliphatic carbocycles. The molecular formula is C29H25F3N4O3. The fourth-order valence-corrected chi connectivity index (χ4v) is 4.76. The summed E-state index contributed by atoms with van der Waals surface area (Å²) in [6, 6.07) is 23.8. The summed E-state index contributed by atoms with van der Waals surface area (Å²) >= 11 is 0. The van der Waals surface area contributed by atoms with E-state index >= 15 is 0 Å². The first-order chi connectivity index (χ1) is 18.7. The molecule has 0 saturated heterocycles. The van der Waals surface area contributed by atoms with Crippen molar-refractivity contribution in [1.29, 1.82) is 0 Å². The molecule has 0 saturated carbocycles. The van der Waals surface area contributed by atoms with E-state index in [2.05, 4.69) is 4.98 Å². The Labute approximate surface area is 222 Å². The number of benzene rings is 3. The Morgan fingerprint density at radius 2 is 1.54 bits per heavy atom. The lowest BCUT2D eigenvalue weighted by molar-refractivity contribution is -0.127. The zero-order valence-corrected chi connectivity index (χ0v) is 20.8. The molecule has 7 nitrogen and oxygen atoms in total. The lowest BCUT2D eigenvalue weighted by atomic mass is 9.97. The highest BCUT2D eigenvalue weighted by Crippen LogP contribution is 2.29. The number of hydrogen-bond donors (Lipinski definition) is 1. The zero-order chi connectivity index (χ0) is 27.6. The third kappa shape index (κ3) is 5.79. The Kier molecular flexibility index (Phi) is 7.10. The fourth-order valence-electron chi connectivity index (χ4n) is 4.76. The van der Waals surface area contributed by atoms with Crippen molar-refractivity contribution in [3.63, 3.8) is 0 Å². The molecule has 0 fully saturated rings. The Hall–Kier alpha value is -4.60. The molecule has 1 aromatic heterocycles. The molecule has 0 spiro atoms. The van der Waals surface area contributed by atoms with E-state index in [9.17, 15) is 22.8 Å². The van der Waals surface area contributed by atoms with Gasteiger partial charge in [-0.1, -0.05) is 72.8 Å². The first-order valence-corrected chi connectivity index (χ1v) is 12.3. The van der Waals surface area contributed by atoms with Gasteiger partial charge in [0.25, 0.3) is 5.56 Å². The molecule has 2 N–H and O–H groups in total. The molecule has 3 aromatic carbocycles. The van der Waals surface area contributed by atoms with Crippen molar-refractivity contribution < 1.29 is 22.7 Å². The van der Waals surface area contributed by atoms with Gasteiger partial charge in [-0.15, -0.1) is 0 Å². The van der Waals surface area contributed by atoms with Crippen LogP contribution in [0.1, 0.15) is 34.0 Å². The van der Waals surface area contributed by atoms with Crippen LogP contribution in [0.5, 0.6) is 5.75 Å². The van der Waals surface area contributed by atoms with Crippen LogP contribution in [0.4, 0.5) is 23.9 Å².